The van der Waals surface area contributed by atoms with Crippen molar-refractivity contribution >= 4 is 37.6 Å². The van der Waals surface area contributed by atoms with E-state index in [1.54, 1.807) is 6.07 Å². The lowest BCUT2D eigenvalue weighted by molar-refractivity contribution is 0.409. The summed E-state index contributed by atoms with van der Waals surface area (Å²) in [6, 6.07) is 12.7. The van der Waals surface area contributed by atoms with E-state index in [0.29, 0.717) is 0 Å². The molecule has 0 fully saturated rings. The van der Waals surface area contributed by atoms with Crippen molar-refractivity contribution < 1.29 is 28.2 Å². The standard InChI is InChI=1S/C19H13NO7S/c21-12-7-4-8-13-15(12)18(23)16-14(27-13)9-11(17(22)19(16)24)20-28(25,26)10-5-2-1-3-6-10/h1-9,20-22,24H. The smallest absolute Gasteiger partial charge is 0.262 e. The van der Waals surface area contributed by atoms with Crippen LogP contribution >= 0.6 is 0 Å². The van der Waals surface area contributed by atoms with Gasteiger partial charge in [0.1, 0.15) is 27.7 Å². The van der Waals surface area contributed by atoms with Gasteiger partial charge in [-0.2, -0.15) is 0 Å². The number of nitrogens with one attached hydrogen (secondary N) is 1. The van der Waals surface area contributed by atoms with Gasteiger partial charge in [0.2, 0.25) is 5.43 Å². The van der Waals surface area contributed by atoms with Crippen LogP contribution in [0.25, 0.3) is 21.9 Å². The van der Waals surface area contributed by atoms with Crippen molar-refractivity contribution in [3.05, 3.63) is 64.8 Å². The number of aromatic hydroxyl groups is 3. The van der Waals surface area contributed by atoms with Gasteiger partial charge >= 0.3 is 0 Å². The number of phenolic OH excluding ortho intramolecular Hbond substituents is 3. The molecule has 0 radical (unpaired) electrons. The van der Waals surface area contributed by atoms with Gasteiger partial charge in [-0.05, 0) is 24.3 Å². The van der Waals surface area contributed by atoms with Crippen LogP contribution in [-0.4, -0.2) is 23.7 Å². The first-order valence-corrected chi connectivity index (χ1v) is 9.49. The number of rotatable bonds is 3. The lowest BCUT2D eigenvalue weighted by Crippen LogP contribution is -2.13. The second-order valence-corrected chi connectivity index (χ2v) is 7.68. The van der Waals surface area contributed by atoms with Gasteiger partial charge in [0.25, 0.3) is 10.0 Å². The fourth-order valence-corrected chi connectivity index (χ4v) is 3.97. The maximum absolute atomic E-state index is 12.7. The number of hydrogen-bond acceptors (Lipinski definition) is 7. The molecular weight excluding hydrogens is 386 g/mol. The highest BCUT2D eigenvalue weighted by atomic mass is 32.2. The summed E-state index contributed by atoms with van der Waals surface area (Å²) in [4.78, 5) is 12.6. The number of phenols is 3. The molecule has 0 aliphatic rings. The van der Waals surface area contributed by atoms with E-state index in [1.165, 1.54) is 42.5 Å². The van der Waals surface area contributed by atoms with Gasteiger partial charge in [-0.3, -0.25) is 9.52 Å². The molecule has 4 rings (SSSR count). The number of anilines is 1. The summed E-state index contributed by atoms with van der Waals surface area (Å²) in [6.45, 7) is 0. The Hall–Kier alpha value is -3.72. The van der Waals surface area contributed by atoms with Crippen LogP contribution in [0.15, 0.2) is 68.7 Å². The molecule has 4 N–H and O–H groups in total. The molecule has 0 bridgehead atoms. The van der Waals surface area contributed by atoms with Crippen molar-refractivity contribution in [2.45, 2.75) is 4.90 Å². The second kappa shape index (κ2) is 6.17. The van der Waals surface area contributed by atoms with E-state index in [-0.39, 0.29) is 38.3 Å². The van der Waals surface area contributed by atoms with Crippen molar-refractivity contribution in [2.24, 2.45) is 0 Å². The highest BCUT2D eigenvalue weighted by Crippen LogP contribution is 2.41. The molecule has 3 aromatic carbocycles. The highest BCUT2D eigenvalue weighted by Gasteiger charge is 2.23. The molecule has 28 heavy (non-hydrogen) atoms. The van der Waals surface area contributed by atoms with Gasteiger partial charge in [0.15, 0.2) is 11.5 Å². The number of benzene rings is 3. The SMILES string of the molecule is O=c1c2c(O)cccc2oc2cc(NS(=O)(=O)c3ccccc3)c(O)c(O)c12. The van der Waals surface area contributed by atoms with Gasteiger partial charge < -0.3 is 19.7 Å². The van der Waals surface area contributed by atoms with Gasteiger partial charge in [-0.25, -0.2) is 8.42 Å². The molecular formula is C19H13NO7S. The molecule has 4 aromatic rings. The van der Waals surface area contributed by atoms with Crippen LogP contribution in [0.4, 0.5) is 5.69 Å². The Morgan fingerprint density at radius 1 is 0.821 bits per heavy atom. The highest BCUT2D eigenvalue weighted by molar-refractivity contribution is 7.92. The van der Waals surface area contributed by atoms with Crippen LogP contribution < -0.4 is 10.2 Å². The zero-order valence-corrected chi connectivity index (χ0v) is 14.9. The third-order valence-corrected chi connectivity index (χ3v) is 5.60. The normalized spacial score (nSPS) is 11.7. The lowest BCUT2D eigenvalue weighted by Gasteiger charge is -2.12. The minimum Gasteiger partial charge on any atom is -0.507 e. The summed E-state index contributed by atoms with van der Waals surface area (Å²) >= 11 is 0. The quantitative estimate of drug-likeness (QED) is 0.307. The summed E-state index contributed by atoms with van der Waals surface area (Å²) in [5.74, 6) is -2.04. The van der Waals surface area contributed by atoms with E-state index < -0.39 is 27.0 Å². The molecule has 0 amide bonds. The molecule has 0 aliphatic heterocycles. The van der Waals surface area contributed by atoms with Gasteiger partial charge in [-0.1, -0.05) is 24.3 Å². The summed E-state index contributed by atoms with van der Waals surface area (Å²) in [7, 11) is -4.06. The first-order chi connectivity index (χ1) is 13.3. The third-order valence-electron chi connectivity index (χ3n) is 4.21. The second-order valence-electron chi connectivity index (χ2n) is 5.99. The molecule has 0 aliphatic carbocycles. The zero-order chi connectivity index (χ0) is 20.1. The van der Waals surface area contributed by atoms with Crippen LogP contribution in [0.1, 0.15) is 0 Å². The number of hydrogen-bond donors (Lipinski definition) is 4. The Labute approximate surface area is 158 Å². The average molecular weight is 399 g/mol. The van der Waals surface area contributed by atoms with E-state index in [1.807, 2.05) is 0 Å². The average Bonchev–Trinajstić information content (AvgIpc) is 2.66. The first kappa shape index (κ1) is 17.7. The molecule has 9 heteroatoms. The lowest BCUT2D eigenvalue weighted by atomic mass is 10.1. The Kier molecular flexibility index (Phi) is 3.90. The van der Waals surface area contributed by atoms with E-state index in [2.05, 4.69) is 4.72 Å². The predicted octanol–water partition coefficient (Wildman–Crippen LogP) is 2.86. The zero-order valence-electron chi connectivity index (χ0n) is 14.1. The van der Waals surface area contributed by atoms with E-state index in [4.69, 9.17) is 4.42 Å². The van der Waals surface area contributed by atoms with Crippen molar-refractivity contribution in [2.75, 3.05) is 4.72 Å². The largest absolute Gasteiger partial charge is 0.507 e. The molecule has 0 unspecified atom stereocenters. The summed E-state index contributed by atoms with van der Waals surface area (Å²) in [5.41, 5.74) is -1.25. The van der Waals surface area contributed by atoms with E-state index in [0.717, 1.165) is 6.07 Å². The van der Waals surface area contributed by atoms with Crippen molar-refractivity contribution in [1.82, 2.24) is 0 Å². The molecule has 1 aromatic heterocycles. The third kappa shape index (κ3) is 2.69. The van der Waals surface area contributed by atoms with E-state index in [9.17, 15) is 28.5 Å². The Balaban J connectivity index is 1.96. The fraction of sp³-hybridized carbons (Fsp3) is 0. The molecule has 8 nitrogen and oxygen atoms in total. The van der Waals surface area contributed by atoms with Gasteiger partial charge in [0.05, 0.1) is 10.6 Å². The maximum atomic E-state index is 12.7. The molecule has 142 valence electrons. The molecule has 0 saturated carbocycles. The monoisotopic (exact) mass is 399 g/mol. The molecule has 0 atom stereocenters. The first-order valence-electron chi connectivity index (χ1n) is 8.01. The summed E-state index contributed by atoms with van der Waals surface area (Å²) in [6.07, 6.45) is 0. The molecule has 0 spiro atoms. The van der Waals surface area contributed by atoms with Gasteiger partial charge in [0, 0.05) is 6.07 Å². The van der Waals surface area contributed by atoms with Crippen molar-refractivity contribution in [3.63, 3.8) is 0 Å². The maximum Gasteiger partial charge on any atom is 0.262 e. The minimum absolute atomic E-state index is 0.0412. The Morgan fingerprint density at radius 2 is 1.54 bits per heavy atom. The minimum atomic E-state index is -4.06. The van der Waals surface area contributed by atoms with Gasteiger partial charge in [-0.15, -0.1) is 0 Å². The summed E-state index contributed by atoms with van der Waals surface area (Å²) < 4.78 is 32.7. The summed E-state index contributed by atoms with van der Waals surface area (Å²) in [5, 5.41) is 29.9. The predicted molar refractivity (Wildman–Crippen MR) is 102 cm³/mol. The van der Waals surface area contributed by atoms with Crippen LogP contribution in [0.3, 0.4) is 0 Å². The Morgan fingerprint density at radius 3 is 2.25 bits per heavy atom. The van der Waals surface area contributed by atoms with Crippen LogP contribution in [0.5, 0.6) is 17.2 Å². The van der Waals surface area contributed by atoms with Crippen LogP contribution in [0, 0.1) is 0 Å². The Bertz CT molecular complexity index is 1390. The van der Waals surface area contributed by atoms with Crippen molar-refractivity contribution in [3.8, 4) is 17.2 Å². The van der Waals surface area contributed by atoms with Crippen molar-refractivity contribution in [1.29, 1.82) is 0 Å². The fourth-order valence-electron chi connectivity index (χ4n) is 2.89. The van der Waals surface area contributed by atoms with E-state index >= 15 is 0 Å². The molecule has 0 saturated heterocycles. The van der Waals surface area contributed by atoms with Crippen LogP contribution in [-0.2, 0) is 10.0 Å². The number of sulfonamides is 1. The molecule has 1 heterocycles. The van der Waals surface area contributed by atoms with Crippen LogP contribution in [0.2, 0.25) is 0 Å². The topological polar surface area (TPSA) is 137 Å². The number of fused-ring (bicyclic) bond motifs is 2.